The van der Waals surface area contributed by atoms with Crippen LogP contribution in [0.5, 0.6) is 0 Å². The molecule has 0 aromatic heterocycles. The molecule has 0 aliphatic rings. The van der Waals surface area contributed by atoms with E-state index < -0.39 is 0 Å². The van der Waals surface area contributed by atoms with Crippen LogP contribution in [0.25, 0.3) is 0 Å². The van der Waals surface area contributed by atoms with Crippen LogP contribution in [0.1, 0.15) is 20.3 Å². The third-order valence-corrected chi connectivity index (χ3v) is 2.60. The smallest absolute Gasteiger partial charge is 0.221 e. The second kappa shape index (κ2) is 4.62. The van der Waals surface area contributed by atoms with E-state index in [0.717, 1.165) is 6.42 Å². The maximum Gasteiger partial charge on any atom is 0.221 e. The molecule has 4 N–H and O–H groups in total. The predicted molar refractivity (Wildman–Crippen MR) is 49.4 cm³/mol. The summed E-state index contributed by atoms with van der Waals surface area (Å²) in [5, 5.41) is 0.0532. The zero-order valence-corrected chi connectivity index (χ0v) is 7.84. The van der Waals surface area contributed by atoms with Crippen molar-refractivity contribution in [2.75, 3.05) is 0 Å². The molecule has 1 amide bonds. The van der Waals surface area contributed by atoms with Gasteiger partial charge in [0.15, 0.2) is 0 Å². The molecule has 0 heterocycles. The van der Waals surface area contributed by atoms with Gasteiger partial charge in [-0.2, -0.15) is 12.6 Å². The molecule has 4 heteroatoms. The van der Waals surface area contributed by atoms with Crippen molar-refractivity contribution in [3.8, 4) is 0 Å². The molecule has 3 nitrogen and oxygen atoms in total. The number of carbonyl (C=O) groups is 1. The monoisotopic (exact) mass is 176 g/mol. The number of nitrogens with two attached hydrogens (primary N) is 2. The summed E-state index contributed by atoms with van der Waals surface area (Å²) >= 11 is 4.23. The highest BCUT2D eigenvalue weighted by atomic mass is 32.1. The van der Waals surface area contributed by atoms with Crippen LogP contribution in [0.3, 0.4) is 0 Å². The Hall–Kier alpha value is -0.220. The van der Waals surface area contributed by atoms with E-state index in [9.17, 15) is 4.79 Å². The van der Waals surface area contributed by atoms with Gasteiger partial charge < -0.3 is 11.5 Å². The van der Waals surface area contributed by atoms with E-state index in [1.165, 1.54) is 0 Å². The fourth-order valence-corrected chi connectivity index (χ4v) is 1.05. The maximum atomic E-state index is 10.7. The fraction of sp³-hybridized carbons (Fsp3) is 0.857. The van der Waals surface area contributed by atoms with E-state index in [4.69, 9.17) is 11.5 Å². The number of thiol groups is 1. The summed E-state index contributed by atoms with van der Waals surface area (Å²) < 4.78 is 0. The van der Waals surface area contributed by atoms with Gasteiger partial charge in [-0.3, -0.25) is 4.79 Å². The molecule has 11 heavy (non-hydrogen) atoms. The average Bonchev–Trinajstić information content (AvgIpc) is 2.00. The first-order chi connectivity index (χ1) is 5.00. The topological polar surface area (TPSA) is 69.1 Å². The lowest BCUT2D eigenvalue weighted by Gasteiger charge is -2.21. The van der Waals surface area contributed by atoms with E-state index in [-0.39, 0.29) is 23.1 Å². The van der Waals surface area contributed by atoms with E-state index in [0.29, 0.717) is 0 Å². The third-order valence-electron chi connectivity index (χ3n) is 1.89. The van der Waals surface area contributed by atoms with E-state index in [1.807, 2.05) is 6.92 Å². The molecule has 0 aromatic rings. The standard InChI is InChI=1S/C7H16N2OS/c1-3-5(11)6(8)4(2)7(9)10/h4-6,11H,3,8H2,1-2H3,(H2,9,10)/t4?,5?,6-/m1/s1. The molecule has 0 radical (unpaired) electrons. The SMILES string of the molecule is CCC(S)[C@H](N)C(C)C(N)=O. The van der Waals surface area contributed by atoms with Gasteiger partial charge in [0, 0.05) is 11.3 Å². The van der Waals surface area contributed by atoms with Crippen molar-refractivity contribution in [2.45, 2.75) is 31.6 Å². The Morgan fingerprint density at radius 1 is 1.64 bits per heavy atom. The zero-order valence-electron chi connectivity index (χ0n) is 6.95. The molecule has 0 saturated heterocycles. The van der Waals surface area contributed by atoms with Crippen LogP contribution in [0.4, 0.5) is 0 Å². The molecule has 0 rings (SSSR count). The number of primary amides is 1. The summed E-state index contributed by atoms with van der Waals surface area (Å²) in [6, 6.07) is -0.235. The van der Waals surface area contributed by atoms with Crippen molar-refractivity contribution in [1.82, 2.24) is 0 Å². The summed E-state index contributed by atoms with van der Waals surface area (Å²) in [5.74, 6) is -0.651. The van der Waals surface area contributed by atoms with Crippen LogP contribution in [-0.2, 0) is 4.79 Å². The van der Waals surface area contributed by atoms with Gasteiger partial charge >= 0.3 is 0 Å². The quantitative estimate of drug-likeness (QED) is 0.533. The highest BCUT2D eigenvalue weighted by Gasteiger charge is 2.22. The van der Waals surface area contributed by atoms with Crippen molar-refractivity contribution in [3.05, 3.63) is 0 Å². The highest BCUT2D eigenvalue weighted by Crippen LogP contribution is 2.12. The lowest BCUT2D eigenvalue weighted by atomic mass is 9.98. The Morgan fingerprint density at radius 2 is 2.09 bits per heavy atom. The van der Waals surface area contributed by atoms with Crippen LogP contribution in [0.2, 0.25) is 0 Å². The van der Waals surface area contributed by atoms with Gasteiger partial charge in [0.2, 0.25) is 5.91 Å². The second-order valence-electron chi connectivity index (χ2n) is 2.74. The minimum atomic E-state index is -0.356. The molecule has 0 aliphatic heterocycles. The number of hydrogen-bond acceptors (Lipinski definition) is 3. The van der Waals surface area contributed by atoms with Crippen LogP contribution in [0.15, 0.2) is 0 Å². The maximum absolute atomic E-state index is 10.7. The van der Waals surface area contributed by atoms with Crippen LogP contribution >= 0.6 is 12.6 Å². The van der Waals surface area contributed by atoms with Crippen molar-refractivity contribution in [1.29, 1.82) is 0 Å². The summed E-state index contributed by atoms with van der Waals surface area (Å²) in [6.07, 6.45) is 0.849. The Labute approximate surface area is 72.9 Å². The van der Waals surface area contributed by atoms with Gasteiger partial charge in [0.25, 0.3) is 0 Å². The molecule has 0 saturated carbocycles. The molecular formula is C7H16N2OS. The molecule has 0 fully saturated rings. The van der Waals surface area contributed by atoms with Gasteiger partial charge in [0.1, 0.15) is 0 Å². The van der Waals surface area contributed by atoms with Crippen molar-refractivity contribution < 1.29 is 4.79 Å². The van der Waals surface area contributed by atoms with Crippen LogP contribution in [-0.4, -0.2) is 17.2 Å². The lowest BCUT2D eigenvalue weighted by molar-refractivity contribution is -0.121. The van der Waals surface area contributed by atoms with Gasteiger partial charge in [-0.15, -0.1) is 0 Å². The van der Waals surface area contributed by atoms with E-state index >= 15 is 0 Å². The van der Waals surface area contributed by atoms with Gasteiger partial charge in [-0.1, -0.05) is 13.8 Å². The van der Waals surface area contributed by atoms with E-state index in [2.05, 4.69) is 12.6 Å². The fourth-order valence-electron chi connectivity index (χ4n) is 0.795. The number of carbonyl (C=O) groups excluding carboxylic acids is 1. The summed E-state index contributed by atoms with van der Waals surface area (Å²) in [5.41, 5.74) is 10.8. The minimum absolute atomic E-state index is 0.0532. The molecule has 0 bridgehead atoms. The normalized spacial score (nSPS) is 18.9. The highest BCUT2D eigenvalue weighted by molar-refractivity contribution is 7.81. The first kappa shape index (κ1) is 10.8. The van der Waals surface area contributed by atoms with Crippen LogP contribution < -0.4 is 11.5 Å². The average molecular weight is 176 g/mol. The minimum Gasteiger partial charge on any atom is -0.369 e. The summed E-state index contributed by atoms with van der Waals surface area (Å²) in [7, 11) is 0. The van der Waals surface area contributed by atoms with Gasteiger partial charge in [0.05, 0.1) is 5.92 Å². The lowest BCUT2D eigenvalue weighted by Crippen LogP contribution is -2.43. The Bertz CT molecular complexity index is 140. The van der Waals surface area contributed by atoms with Crippen molar-refractivity contribution in [3.63, 3.8) is 0 Å². The Balaban J connectivity index is 4.00. The van der Waals surface area contributed by atoms with Gasteiger partial charge in [-0.05, 0) is 6.42 Å². The number of amides is 1. The first-order valence-electron chi connectivity index (χ1n) is 3.73. The largest absolute Gasteiger partial charge is 0.369 e. The zero-order chi connectivity index (χ0) is 9.02. The molecule has 66 valence electrons. The first-order valence-corrected chi connectivity index (χ1v) is 4.25. The molecular weight excluding hydrogens is 160 g/mol. The Morgan fingerprint density at radius 3 is 2.36 bits per heavy atom. The van der Waals surface area contributed by atoms with Crippen LogP contribution in [0, 0.1) is 5.92 Å². The van der Waals surface area contributed by atoms with Crippen molar-refractivity contribution >= 4 is 18.5 Å². The molecule has 3 atom stereocenters. The molecule has 0 aromatic carbocycles. The predicted octanol–water partition coefficient (Wildman–Crippen LogP) is 0.143. The number of hydrogen-bond donors (Lipinski definition) is 3. The molecule has 0 spiro atoms. The number of rotatable bonds is 4. The molecule has 2 unspecified atom stereocenters. The van der Waals surface area contributed by atoms with E-state index in [1.54, 1.807) is 6.92 Å². The third kappa shape index (κ3) is 3.12. The van der Waals surface area contributed by atoms with Gasteiger partial charge in [-0.25, -0.2) is 0 Å². The molecule has 0 aliphatic carbocycles. The Kier molecular flexibility index (Phi) is 4.52. The second-order valence-corrected chi connectivity index (χ2v) is 3.41. The summed E-state index contributed by atoms with van der Waals surface area (Å²) in [6.45, 7) is 3.71. The summed E-state index contributed by atoms with van der Waals surface area (Å²) in [4.78, 5) is 10.7. The van der Waals surface area contributed by atoms with Crippen molar-refractivity contribution in [2.24, 2.45) is 17.4 Å².